The van der Waals surface area contributed by atoms with Crippen molar-refractivity contribution < 1.29 is 4.79 Å². The van der Waals surface area contributed by atoms with E-state index in [2.05, 4.69) is 27.6 Å². The first-order chi connectivity index (χ1) is 12.8. The minimum absolute atomic E-state index is 0. The molecule has 7 heteroatoms. The Labute approximate surface area is 165 Å². The first-order valence-electron chi connectivity index (χ1n) is 8.86. The quantitative estimate of drug-likeness (QED) is 0.584. The van der Waals surface area contributed by atoms with Crippen LogP contribution in [-0.2, 0) is 0 Å². The van der Waals surface area contributed by atoms with E-state index in [0.717, 1.165) is 30.8 Å². The van der Waals surface area contributed by atoms with Crippen LogP contribution in [0.25, 0.3) is 17.1 Å². The minimum Gasteiger partial charge on any atom is -0.348 e. The van der Waals surface area contributed by atoms with Crippen molar-refractivity contribution in [1.82, 2.24) is 25.4 Å². The van der Waals surface area contributed by atoms with Crippen LogP contribution in [0, 0.1) is 0 Å². The number of aromatic nitrogens is 3. The SMILES string of the molecule is CCCNCCNC(=O)c1nc(-c2ccccc2)n(-c2ccccc2)n1.Cl. The molecule has 0 spiro atoms. The molecule has 1 amide bonds. The van der Waals surface area contributed by atoms with Gasteiger partial charge >= 0.3 is 0 Å². The Hall–Kier alpha value is -2.70. The van der Waals surface area contributed by atoms with E-state index < -0.39 is 0 Å². The van der Waals surface area contributed by atoms with Crippen molar-refractivity contribution in [3.8, 4) is 17.1 Å². The summed E-state index contributed by atoms with van der Waals surface area (Å²) in [5.74, 6) is 0.546. The van der Waals surface area contributed by atoms with Crippen molar-refractivity contribution in [2.45, 2.75) is 13.3 Å². The number of carbonyl (C=O) groups is 1. The minimum atomic E-state index is -0.268. The number of amides is 1. The van der Waals surface area contributed by atoms with E-state index >= 15 is 0 Å². The molecule has 0 aliphatic carbocycles. The first-order valence-corrected chi connectivity index (χ1v) is 8.86. The predicted octanol–water partition coefficient (Wildman–Crippen LogP) is 3.09. The van der Waals surface area contributed by atoms with Crippen molar-refractivity contribution in [2.75, 3.05) is 19.6 Å². The molecule has 0 radical (unpaired) electrons. The van der Waals surface area contributed by atoms with Crippen molar-refractivity contribution in [3.63, 3.8) is 0 Å². The standard InChI is InChI=1S/C20H23N5O.ClH/c1-2-13-21-14-15-22-20(26)18-23-19(16-9-5-3-6-10-16)25(24-18)17-11-7-4-8-12-17;/h3-12,21H,2,13-15H2,1H3,(H,22,26);1H. The molecule has 2 aromatic carbocycles. The zero-order valence-electron chi connectivity index (χ0n) is 15.3. The van der Waals surface area contributed by atoms with Crippen LogP contribution < -0.4 is 10.6 Å². The van der Waals surface area contributed by atoms with Gasteiger partial charge in [-0.25, -0.2) is 9.67 Å². The van der Waals surface area contributed by atoms with E-state index in [1.54, 1.807) is 4.68 Å². The number of carbonyl (C=O) groups excluding carboxylic acids is 1. The van der Waals surface area contributed by atoms with Gasteiger partial charge in [0.2, 0.25) is 5.82 Å². The lowest BCUT2D eigenvalue weighted by Gasteiger charge is -2.05. The molecule has 0 aliphatic heterocycles. The normalized spacial score (nSPS) is 10.3. The van der Waals surface area contributed by atoms with Crippen molar-refractivity contribution in [3.05, 3.63) is 66.5 Å². The largest absolute Gasteiger partial charge is 0.348 e. The van der Waals surface area contributed by atoms with E-state index in [-0.39, 0.29) is 24.1 Å². The summed E-state index contributed by atoms with van der Waals surface area (Å²) in [4.78, 5) is 16.9. The van der Waals surface area contributed by atoms with Crippen LogP contribution in [0.3, 0.4) is 0 Å². The molecule has 3 rings (SSSR count). The Balaban J connectivity index is 0.00000261. The number of hydrogen-bond donors (Lipinski definition) is 2. The summed E-state index contributed by atoms with van der Waals surface area (Å²) in [5, 5.41) is 10.6. The van der Waals surface area contributed by atoms with Crippen LogP contribution in [0.5, 0.6) is 0 Å². The molecule has 0 unspecified atom stereocenters. The topological polar surface area (TPSA) is 71.8 Å². The zero-order chi connectivity index (χ0) is 18.2. The van der Waals surface area contributed by atoms with E-state index in [9.17, 15) is 4.79 Å². The second kappa shape index (κ2) is 10.4. The fourth-order valence-electron chi connectivity index (χ4n) is 2.58. The number of halogens is 1. The fourth-order valence-corrected chi connectivity index (χ4v) is 2.58. The molecule has 142 valence electrons. The van der Waals surface area contributed by atoms with Gasteiger partial charge in [-0.05, 0) is 25.1 Å². The number of para-hydroxylation sites is 1. The second-order valence-electron chi connectivity index (χ2n) is 5.88. The zero-order valence-corrected chi connectivity index (χ0v) is 16.1. The summed E-state index contributed by atoms with van der Waals surface area (Å²) in [7, 11) is 0. The summed E-state index contributed by atoms with van der Waals surface area (Å²) < 4.78 is 1.71. The Morgan fingerprint density at radius 1 is 0.963 bits per heavy atom. The van der Waals surface area contributed by atoms with Gasteiger partial charge in [0.05, 0.1) is 5.69 Å². The molecule has 6 nitrogen and oxygen atoms in total. The monoisotopic (exact) mass is 385 g/mol. The maximum atomic E-state index is 12.4. The lowest BCUT2D eigenvalue weighted by Crippen LogP contribution is -2.32. The average Bonchev–Trinajstić information content (AvgIpc) is 3.15. The number of hydrogen-bond acceptors (Lipinski definition) is 4. The molecule has 0 atom stereocenters. The molecule has 0 fully saturated rings. The highest BCUT2D eigenvalue weighted by Gasteiger charge is 2.18. The summed E-state index contributed by atoms with van der Waals surface area (Å²) in [6.45, 7) is 4.32. The summed E-state index contributed by atoms with van der Waals surface area (Å²) in [6.07, 6.45) is 1.07. The Morgan fingerprint density at radius 2 is 1.63 bits per heavy atom. The smallest absolute Gasteiger partial charge is 0.291 e. The summed E-state index contributed by atoms with van der Waals surface area (Å²) >= 11 is 0. The maximum Gasteiger partial charge on any atom is 0.291 e. The highest BCUT2D eigenvalue weighted by Crippen LogP contribution is 2.20. The van der Waals surface area contributed by atoms with Crippen molar-refractivity contribution in [1.29, 1.82) is 0 Å². The van der Waals surface area contributed by atoms with Crippen LogP contribution in [0.4, 0.5) is 0 Å². The van der Waals surface area contributed by atoms with Crippen LogP contribution in [0.1, 0.15) is 24.0 Å². The number of nitrogens with one attached hydrogen (secondary N) is 2. The predicted molar refractivity (Wildman–Crippen MR) is 110 cm³/mol. The van der Waals surface area contributed by atoms with Gasteiger partial charge < -0.3 is 10.6 Å². The summed E-state index contributed by atoms with van der Waals surface area (Å²) in [6, 6.07) is 19.4. The Kier molecular flexibility index (Phi) is 7.98. The van der Waals surface area contributed by atoms with E-state index in [0.29, 0.717) is 12.4 Å². The third-order valence-corrected chi connectivity index (χ3v) is 3.86. The molecule has 27 heavy (non-hydrogen) atoms. The van der Waals surface area contributed by atoms with Crippen LogP contribution in [0.15, 0.2) is 60.7 Å². The van der Waals surface area contributed by atoms with Gasteiger partial charge in [0.1, 0.15) is 0 Å². The van der Waals surface area contributed by atoms with Gasteiger partial charge in [0.25, 0.3) is 5.91 Å². The van der Waals surface area contributed by atoms with Gasteiger partial charge in [-0.3, -0.25) is 4.79 Å². The van der Waals surface area contributed by atoms with Crippen LogP contribution in [-0.4, -0.2) is 40.3 Å². The molecular formula is C20H24ClN5O. The maximum absolute atomic E-state index is 12.4. The third kappa shape index (κ3) is 5.39. The van der Waals surface area contributed by atoms with Gasteiger partial charge in [0.15, 0.2) is 5.82 Å². The van der Waals surface area contributed by atoms with E-state index in [1.165, 1.54) is 0 Å². The fraction of sp³-hybridized carbons (Fsp3) is 0.250. The number of benzene rings is 2. The second-order valence-corrected chi connectivity index (χ2v) is 5.88. The lowest BCUT2D eigenvalue weighted by molar-refractivity contribution is 0.0943. The average molecular weight is 386 g/mol. The van der Waals surface area contributed by atoms with E-state index in [1.807, 2.05) is 60.7 Å². The Bertz CT molecular complexity index is 779. The molecule has 0 saturated heterocycles. The molecule has 1 heterocycles. The van der Waals surface area contributed by atoms with Gasteiger partial charge in [-0.1, -0.05) is 55.5 Å². The number of rotatable bonds is 8. The number of nitrogens with zero attached hydrogens (tertiary/aromatic N) is 3. The molecule has 0 bridgehead atoms. The molecule has 3 aromatic rings. The lowest BCUT2D eigenvalue weighted by atomic mass is 10.2. The molecule has 0 aliphatic rings. The molecule has 1 aromatic heterocycles. The highest BCUT2D eigenvalue weighted by molar-refractivity contribution is 5.91. The van der Waals surface area contributed by atoms with Gasteiger partial charge in [0, 0.05) is 18.7 Å². The Morgan fingerprint density at radius 3 is 2.30 bits per heavy atom. The first kappa shape index (κ1) is 20.6. The van der Waals surface area contributed by atoms with Gasteiger partial charge in [-0.2, -0.15) is 0 Å². The van der Waals surface area contributed by atoms with E-state index in [4.69, 9.17) is 0 Å². The van der Waals surface area contributed by atoms with Crippen LogP contribution >= 0.6 is 12.4 Å². The third-order valence-electron chi connectivity index (χ3n) is 3.86. The molecular weight excluding hydrogens is 362 g/mol. The highest BCUT2D eigenvalue weighted by atomic mass is 35.5. The molecule has 2 N–H and O–H groups in total. The van der Waals surface area contributed by atoms with Crippen molar-refractivity contribution >= 4 is 18.3 Å². The molecule has 0 saturated carbocycles. The van der Waals surface area contributed by atoms with Gasteiger partial charge in [-0.15, -0.1) is 17.5 Å². The van der Waals surface area contributed by atoms with Crippen LogP contribution in [0.2, 0.25) is 0 Å². The van der Waals surface area contributed by atoms with Crippen molar-refractivity contribution in [2.24, 2.45) is 0 Å². The summed E-state index contributed by atoms with van der Waals surface area (Å²) in [5.41, 5.74) is 1.77.